The normalized spacial score (nSPS) is 15.4. The second-order valence-electron chi connectivity index (χ2n) is 2.91. The summed E-state index contributed by atoms with van der Waals surface area (Å²) >= 11 is 0. The molecule has 1 N–H and O–H groups in total. The maximum atomic E-state index is 10.8. The van der Waals surface area contributed by atoms with Crippen molar-refractivity contribution in [2.75, 3.05) is 0 Å². The van der Waals surface area contributed by atoms with Gasteiger partial charge in [-0.05, 0) is 24.1 Å². The zero-order valence-corrected chi connectivity index (χ0v) is 7.99. The quantitative estimate of drug-likeness (QED) is 0.714. The van der Waals surface area contributed by atoms with Crippen molar-refractivity contribution >= 4 is 10.1 Å². The zero-order valence-electron chi connectivity index (χ0n) is 7.17. The second-order valence-corrected chi connectivity index (χ2v) is 4.26. The number of fused-ring (bicyclic) bond motifs is 1. The topological polar surface area (TPSA) is 63.6 Å². The smallest absolute Gasteiger partial charge is 0.327 e. The van der Waals surface area contributed by atoms with Crippen molar-refractivity contribution in [2.24, 2.45) is 0 Å². The molecule has 0 spiro atoms. The third kappa shape index (κ3) is 1.64. The first-order valence-corrected chi connectivity index (χ1v) is 5.45. The van der Waals surface area contributed by atoms with E-state index < -0.39 is 15.2 Å². The monoisotopic (exact) mass is 212 g/mol. The number of allylic oxidation sites excluding steroid dienone is 1. The second kappa shape index (κ2) is 3.11. The van der Waals surface area contributed by atoms with Crippen LogP contribution in [0.2, 0.25) is 0 Å². The average molecular weight is 212 g/mol. The van der Waals surface area contributed by atoms with Gasteiger partial charge in [0, 0.05) is 0 Å². The molecule has 1 aromatic carbocycles. The van der Waals surface area contributed by atoms with Crippen LogP contribution in [0.3, 0.4) is 0 Å². The van der Waals surface area contributed by atoms with Crippen molar-refractivity contribution in [3.8, 4) is 5.75 Å². The van der Waals surface area contributed by atoms with Gasteiger partial charge in [0.05, 0.1) is 0 Å². The van der Waals surface area contributed by atoms with Gasteiger partial charge in [0.25, 0.3) is 0 Å². The summed E-state index contributed by atoms with van der Waals surface area (Å²) in [6.07, 6.45) is 1.79. The lowest BCUT2D eigenvalue weighted by Gasteiger charge is -2.15. The lowest BCUT2D eigenvalue weighted by atomic mass is 10.1. The Morgan fingerprint density at radius 2 is 2.00 bits per heavy atom. The molecule has 0 saturated heterocycles. The molecule has 1 aliphatic heterocycles. The van der Waals surface area contributed by atoms with E-state index >= 15 is 0 Å². The van der Waals surface area contributed by atoms with Crippen molar-refractivity contribution in [3.63, 3.8) is 0 Å². The number of para-hydroxylation sites is 1. The van der Waals surface area contributed by atoms with Crippen molar-refractivity contribution in [3.05, 3.63) is 41.0 Å². The predicted octanol–water partition coefficient (Wildman–Crippen LogP) is 1.35. The highest BCUT2D eigenvalue weighted by molar-refractivity contribution is 7.89. The molecule has 0 atom stereocenters. The molecule has 14 heavy (non-hydrogen) atoms. The molecular formula is C9H8O4S. The molecule has 0 saturated carbocycles. The molecule has 1 aromatic rings. The van der Waals surface area contributed by atoms with Crippen LogP contribution in [0.5, 0.6) is 5.75 Å². The SMILES string of the molecule is O=S(=O)(O)C1=CCc2ccccc2O1. The summed E-state index contributed by atoms with van der Waals surface area (Å²) in [6.45, 7) is 0. The predicted molar refractivity (Wildman–Crippen MR) is 50.4 cm³/mol. The third-order valence-electron chi connectivity index (χ3n) is 1.93. The molecule has 0 amide bonds. The van der Waals surface area contributed by atoms with Crippen molar-refractivity contribution in [1.82, 2.24) is 0 Å². The summed E-state index contributed by atoms with van der Waals surface area (Å²) in [7, 11) is -4.23. The Balaban J connectivity index is 2.39. The van der Waals surface area contributed by atoms with Crippen LogP contribution in [0.25, 0.3) is 0 Å². The average Bonchev–Trinajstić information content (AvgIpc) is 2.16. The first kappa shape index (κ1) is 9.23. The van der Waals surface area contributed by atoms with E-state index in [4.69, 9.17) is 9.29 Å². The van der Waals surface area contributed by atoms with Gasteiger partial charge in [-0.1, -0.05) is 18.2 Å². The highest BCUT2D eigenvalue weighted by atomic mass is 32.2. The molecule has 0 aliphatic carbocycles. The van der Waals surface area contributed by atoms with E-state index in [1.54, 1.807) is 12.1 Å². The molecule has 0 fully saturated rings. The van der Waals surface area contributed by atoms with Gasteiger partial charge in [-0.2, -0.15) is 8.42 Å². The molecule has 2 rings (SSSR count). The fraction of sp³-hybridized carbons (Fsp3) is 0.111. The van der Waals surface area contributed by atoms with Gasteiger partial charge in [0.1, 0.15) is 5.75 Å². The Morgan fingerprint density at radius 1 is 1.29 bits per heavy atom. The third-order valence-corrected chi connectivity index (χ3v) is 2.68. The van der Waals surface area contributed by atoms with E-state index in [9.17, 15) is 8.42 Å². The van der Waals surface area contributed by atoms with E-state index in [-0.39, 0.29) is 0 Å². The molecule has 1 heterocycles. The highest BCUT2D eigenvalue weighted by Gasteiger charge is 2.21. The number of rotatable bonds is 1. The minimum atomic E-state index is -4.23. The van der Waals surface area contributed by atoms with Crippen LogP contribution >= 0.6 is 0 Å². The molecule has 1 aliphatic rings. The summed E-state index contributed by atoms with van der Waals surface area (Å²) in [4.78, 5) is 0. The molecule has 74 valence electrons. The number of ether oxygens (including phenoxy) is 1. The summed E-state index contributed by atoms with van der Waals surface area (Å²) in [5, 5.41) is -0.392. The number of hydrogen-bond donors (Lipinski definition) is 1. The standard InChI is InChI=1S/C9H8O4S/c10-14(11,12)9-6-5-7-3-1-2-4-8(7)13-9/h1-4,6H,5H2,(H,10,11,12). The van der Waals surface area contributed by atoms with Gasteiger partial charge in [-0.25, -0.2) is 0 Å². The molecule has 0 aromatic heterocycles. The minimum Gasteiger partial charge on any atom is -0.443 e. The van der Waals surface area contributed by atoms with E-state index in [0.717, 1.165) is 5.56 Å². The molecule has 0 unspecified atom stereocenters. The lowest BCUT2D eigenvalue weighted by Crippen LogP contribution is -2.13. The first-order valence-electron chi connectivity index (χ1n) is 4.01. The van der Waals surface area contributed by atoms with Gasteiger partial charge in [0.2, 0.25) is 5.09 Å². The van der Waals surface area contributed by atoms with Crippen LogP contribution in [0, 0.1) is 0 Å². The Bertz CT molecular complexity index is 487. The fourth-order valence-electron chi connectivity index (χ4n) is 1.27. The Hall–Kier alpha value is -1.33. The summed E-state index contributed by atoms with van der Waals surface area (Å²) < 4.78 is 35.3. The summed E-state index contributed by atoms with van der Waals surface area (Å²) in [6, 6.07) is 7.08. The van der Waals surface area contributed by atoms with E-state index in [0.29, 0.717) is 12.2 Å². The van der Waals surface area contributed by atoms with Gasteiger partial charge in [-0.3, -0.25) is 4.55 Å². The van der Waals surface area contributed by atoms with E-state index in [1.807, 2.05) is 12.1 Å². The van der Waals surface area contributed by atoms with Crippen LogP contribution in [0.1, 0.15) is 5.56 Å². The summed E-state index contributed by atoms with van der Waals surface area (Å²) in [5.41, 5.74) is 0.903. The Kier molecular flexibility index (Phi) is 2.05. The van der Waals surface area contributed by atoms with Gasteiger partial charge < -0.3 is 4.74 Å². The Labute approximate surface area is 81.6 Å². The van der Waals surface area contributed by atoms with Crippen LogP contribution in [0.4, 0.5) is 0 Å². The largest absolute Gasteiger partial charge is 0.443 e. The van der Waals surface area contributed by atoms with E-state index in [1.165, 1.54) is 6.08 Å². The first-order chi connectivity index (χ1) is 6.57. The maximum absolute atomic E-state index is 10.8. The number of benzene rings is 1. The molecular weight excluding hydrogens is 204 g/mol. The zero-order chi connectivity index (χ0) is 10.2. The van der Waals surface area contributed by atoms with Crippen molar-refractivity contribution in [2.45, 2.75) is 6.42 Å². The molecule has 0 bridgehead atoms. The van der Waals surface area contributed by atoms with Crippen molar-refractivity contribution < 1.29 is 17.7 Å². The molecule has 5 heteroatoms. The summed E-state index contributed by atoms with van der Waals surface area (Å²) in [5.74, 6) is 0.475. The highest BCUT2D eigenvalue weighted by Crippen LogP contribution is 2.27. The minimum absolute atomic E-state index is 0.392. The fourth-order valence-corrected chi connectivity index (χ4v) is 1.76. The Morgan fingerprint density at radius 3 is 2.71 bits per heavy atom. The van der Waals surface area contributed by atoms with Crippen molar-refractivity contribution in [1.29, 1.82) is 0 Å². The van der Waals surface area contributed by atoms with Gasteiger partial charge >= 0.3 is 10.1 Å². The van der Waals surface area contributed by atoms with Crippen LogP contribution in [-0.4, -0.2) is 13.0 Å². The van der Waals surface area contributed by atoms with E-state index in [2.05, 4.69) is 0 Å². The van der Waals surface area contributed by atoms with Gasteiger partial charge in [-0.15, -0.1) is 0 Å². The maximum Gasteiger partial charge on any atom is 0.327 e. The van der Waals surface area contributed by atoms with Crippen LogP contribution in [-0.2, 0) is 16.5 Å². The van der Waals surface area contributed by atoms with Crippen LogP contribution < -0.4 is 4.74 Å². The molecule has 0 radical (unpaired) electrons. The molecule has 4 nitrogen and oxygen atoms in total. The lowest BCUT2D eigenvalue weighted by molar-refractivity contribution is 0.405. The van der Waals surface area contributed by atoms with Gasteiger partial charge in [0.15, 0.2) is 0 Å². The van der Waals surface area contributed by atoms with Crippen LogP contribution in [0.15, 0.2) is 35.4 Å². The number of hydrogen-bond acceptors (Lipinski definition) is 3.